The maximum atomic E-state index is 15.0. The molecule has 0 spiro atoms. The fourth-order valence-electron chi connectivity index (χ4n) is 12.2. The third kappa shape index (κ3) is 26.6. The Hall–Kier alpha value is -10.2. The van der Waals surface area contributed by atoms with Crippen LogP contribution in [0.15, 0.2) is 66.2 Å². The zero-order chi connectivity index (χ0) is 79.3. The van der Waals surface area contributed by atoms with E-state index in [9.17, 15) is 77.3 Å². The van der Waals surface area contributed by atoms with Crippen LogP contribution in [0.1, 0.15) is 101 Å². The van der Waals surface area contributed by atoms with Gasteiger partial charge in [0.15, 0.2) is 5.96 Å². The van der Waals surface area contributed by atoms with Gasteiger partial charge in [-0.05, 0) is 100 Å². The number of nitrogens with zero attached hydrogens (tertiary/aromatic N) is 4. The summed E-state index contributed by atoms with van der Waals surface area (Å²) in [6.07, 6.45) is 3.03. The second-order valence-corrected chi connectivity index (χ2v) is 27.3. The van der Waals surface area contributed by atoms with Gasteiger partial charge in [0.1, 0.15) is 66.5 Å². The number of carbonyl (C=O) groups is 15. The number of para-hydroxylation sites is 1. The van der Waals surface area contributed by atoms with Crippen LogP contribution in [-0.2, 0) is 91.2 Å². The van der Waals surface area contributed by atoms with E-state index in [2.05, 4.69) is 98.4 Å². The number of likely N-dealkylation sites (tertiary alicyclic amines) is 2. The molecule has 2 aromatic carbocycles. The number of fused-ring (bicyclic) bond motifs is 1. The number of aliphatic imine (C=N–C) groups is 1. The average Bonchev–Trinajstić information content (AvgIpc) is 1.64. The molecular formula is C67H92Cl2N20O17S2. The Kier molecular flexibility index (Phi) is 34.4. The summed E-state index contributed by atoms with van der Waals surface area (Å²) in [5, 5.41) is 45.1. The Morgan fingerprint density at radius 2 is 1.19 bits per heavy atom. The third-order valence-electron chi connectivity index (χ3n) is 17.7. The fraction of sp³-hybridized carbons (Fsp3) is 0.507. The largest absolute Gasteiger partial charge is 0.481 e. The number of carbonyl (C=O) groups excluding carboxylic acids is 13. The number of hydrogen-bond donors (Lipinski definition) is 20. The maximum absolute atomic E-state index is 15.0. The number of H-pyrrole nitrogens is 2. The highest BCUT2D eigenvalue weighted by Gasteiger charge is 2.45. The third-order valence-corrected chi connectivity index (χ3v) is 19.1. The SMILES string of the molecule is CC(=O)NC(CS)C(=O)NC(CCC(=O)O)C(=O)NC(Cc1cnc[nH]1)C(=O)NC(Cc1ccc(Cl)c(Cl)c1)C(=O)NC(CCCN=C(N)N)C(=O)NC(Cc1c[nH]c2ccccc12)C(=O)NCC(=O)NC(CS)C(=O)N1CCCC1C(=O)N1CCCC1C(=O)NC(CCCCN)C(=O)NC(CC(=O)O)C(N)=O. The van der Waals surface area contributed by atoms with Crippen LogP contribution in [0, 0.1) is 0 Å². The monoisotopic (exact) mass is 1580 g/mol. The molecule has 2 fully saturated rings. The van der Waals surface area contributed by atoms with Crippen molar-refractivity contribution in [3.8, 4) is 0 Å². The van der Waals surface area contributed by atoms with Gasteiger partial charge in [-0.15, -0.1) is 0 Å². The number of nitrogens with one attached hydrogen (secondary N) is 12. The fourth-order valence-corrected chi connectivity index (χ4v) is 13.0. The quantitative estimate of drug-likeness (QED) is 0.00888. The predicted octanol–water partition coefficient (Wildman–Crippen LogP) is -3.43. The van der Waals surface area contributed by atoms with Gasteiger partial charge in [0.25, 0.3) is 0 Å². The molecule has 2 aliphatic heterocycles. The molecule has 588 valence electrons. The summed E-state index contributed by atoms with van der Waals surface area (Å²) in [5.74, 6) is -15.0. The van der Waals surface area contributed by atoms with Gasteiger partial charge in [-0.25, -0.2) is 4.98 Å². The standard InChI is InChI=1S/C67H92Cl2N20O17S2/c1-34(90)79-49(31-107)63(103)82-44(17-18-54(92)93)60(100)87-48(26-37-29-74-33-78-37)62(102)85-46(24-35-15-16-39(68)40(69)23-35)61(101)81-43(12-6-20-75-67(72)73)59(99)86-47(25-36-28-76-41-10-3-2-9-38(36)41)57(97)77-30-53(91)80-50(32-108)65(105)89-22-8-14-52(89)66(106)88-21-7-13-51(88)64(104)83-42(11-4-5-19-70)58(98)84-45(56(71)96)27-55(94)95/h2-3,9-10,15-16,23,28-29,33,42-52,76,107-108H,4-8,11-14,17-22,24-27,30-32,70H2,1H3,(H2,71,96)(H,74,78)(H,77,97)(H,79,90)(H,80,91)(H,81,101)(H,82,103)(H,83,104)(H,84,98)(H,85,102)(H,86,99)(H,87,100)(H,92,93)(H,94,95)(H4,72,73,75). The average molecular weight is 1580 g/mol. The molecule has 0 saturated carbocycles. The van der Waals surface area contributed by atoms with Gasteiger partial charge < -0.3 is 106 Å². The van der Waals surface area contributed by atoms with Crippen molar-refractivity contribution >= 4 is 154 Å². The molecule has 108 heavy (non-hydrogen) atoms. The molecule has 6 rings (SSSR count). The number of aliphatic carboxylic acids is 2. The number of guanidine groups is 1. The van der Waals surface area contributed by atoms with E-state index in [0.717, 1.165) is 6.92 Å². The van der Waals surface area contributed by atoms with E-state index in [1.54, 1.807) is 30.5 Å². The van der Waals surface area contributed by atoms with E-state index in [-0.39, 0.29) is 111 Å². The van der Waals surface area contributed by atoms with Gasteiger partial charge in [0.05, 0.1) is 29.3 Å². The summed E-state index contributed by atoms with van der Waals surface area (Å²) in [7, 11) is 0. The summed E-state index contributed by atoms with van der Waals surface area (Å²) < 4.78 is 0. The van der Waals surface area contributed by atoms with Crippen molar-refractivity contribution in [2.24, 2.45) is 27.9 Å². The predicted molar refractivity (Wildman–Crippen MR) is 399 cm³/mol. The molecule has 4 heterocycles. The number of amides is 13. The van der Waals surface area contributed by atoms with Gasteiger partial charge >= 0.3 is 11.9 Å². The van der Waals surface area contributed by atoms with Crippen LogP contribution in [0.25, 0.3) is 10.9 Å². The second kappa shape index (κ2) is 42.9. The number of hydrogen-bond acceptors (Lipinski definition) is 20. The molecule has 11 atom stereocenters. The Balaban J connectivity index is 1.22. The molecule has 11 unspecified atom stereocenters. The number of carboxylic acid groups (broad SMARTS) is 2. The summed E-state index contributed by atoms with van der Waals surface area (Å²) in [4.78, 5) is 221. The van der Waals surface area contributed by atoms with E-state index >= 15 is 4.79 Å². The highest BCUT2D eigenvalue weighted by atomic mass is 35.5. The Morgan fingerprint density at radius 3 is 1.78 bits per heavy atom. The van der Waals surface area contributed by atoms with Crippen LogP contribution < -0.4 is 76.1 Å². The number of benzene rings is 2. The van der Waals surface area contributed by atoms with Crippen LogP contribution in [0.4, 0.5) is 0 Å². The number of imidazole rings is 1. The number of halogens is 2. The zero-order valence-electron chi connectivity index (χ0n) is 58.9. The minimum absolute atomic E-state index is 0.0181. The molecule has 0 bridgehead atoms. The van der Waals surface area contributed by atoms with Gasteiger partial charge in [-0.2, -0.15) is 25.3 Å². The van der Waals surface area contributed by atoms with Gasteiger partial charge in [0, 0.05) is 92.7 Å². The first kappa shape index (κ1) is 86.7. The first-order chi connectivity index (χ1) is 51.4. The van der Waals surface area contributed by atoms with Crippen molar-refractivity contribution < 1.29 is 82.1 Å². The van der Waals surface area contributed by atoms with Crippen LogP contribution >= 0.6 is 48.5 Å². The van der Waals surface area contributed by atoms with E-state index in [0.29, 0.717) is 47.7 Å². The number of primary amides is 1. The molecule has 2 saturated heterocycles. The summed E-state index contributed by atoms with van der Waals surface area (Å²) >= 11 is 21.2. The van der Waals surface area contributed by atoms with Gasteiger partial charge in [-0.1, -0.05) is 47.5 Å². The van der Waals surface area contributed by atoms with Crippen molar-refractivity contribution in [2.45, 2.75) is 170 Å². The van der Waals surface area contributed by atoms with Crippen LogP contribution in [0.5, 0.6) is 0 Å². The molecule has 13 amide bonds. The van der Waals surface area contributed by atoms with Crippen LogP contribution in [-0.4, -0.2) is 240 Å². The normalized spacial score (nSPS) is 16.4. The maximum Gasteiger partial charge on any atom is 0.305 e. The second-order valence-electron chi connectivity index (χ2n) is 25.7. The Morgan fingerprint density at radius 1 is 0.611 bits per heavy atom. The number of aromatic nitrogens is 3. The number of rotatable bonds is 43. The van der Waals surface area contributed by atoms with Crippen molar-refractivity contribution in [1.29, 1.82) is 0 Å². The van der Waals surface area contributed by atoms with Crippen LogP contribution in [0.2, 0.25) is 10.0 Å². The topological polar surface area (TPSA) is 584 Å². The summed E-state index contributed by atoms with van der Waals surface area (Å²) in [6, 6.07) is -4.34. The van der Waals surface area contributed by atoms with E-state index in [4.69, 9.17) is 46.1 Å². The molecule has 37 nitrogen and oxygen atoms in total. The lowest BCUT2D eigenvalue weighted by Crippen LogP contribution is -2.60. The smallest absolute Gasteiger partial charge is 0.305 e. The number of nitrogens with two attached hydrogens (primary N) is 4. The van der Waals surface area contributed by atoms with Crippen molar-refractivity contribution in [2.75, 3.05) is 44.2 Å². The van der Waals surface area contributed by atoms with Gasteiger partial charge in [0.2, 0.25) is 76.8 Å². The van der Waals surface area contributed by atoms with E-state index in [1.165, 1.54) is 40.5 Å². The molecule has 4 aromatic rings. The highest BCUT2D eigenvalue weighted by Crippen LogP contribution is 2.28. The molecule has 0 aliphatic carbocycles. The van der Waals surface area contributed by atoms with Crippen molar-refractivity contribution in [3.05, 3.63) is 88.1 Å². The summed E-state index contributed by atoms with van der Waals surface area (Å²) in [6.45, 7) is 0.691. The van der Waals surface area contributed by atoms with Crippen molar-refractivity contribution in [3.63, 3.8) is 0 Å². The van der Waals surface area contributed by atoms with E-state index < -0.39 is 181 Å². The number of carboxylic acids is 2. The minimum Gasteiger partial charge on any atom is -0.481 e. The highest BCUT2D eigenvalue weighted by molar-refractivity contribution is 7.80. The molecule has 2 aromatic heterocycles. The molecular weight excluding hydrogens is 1490 g/mol. The number of thiol groups is 2. The minimum atomic E-state index is -1.65. The van der Waals surface area contributed by atoms with Crippen molar-refractivity contribution in [1.82, 2.24) is 77.9 Å². The first-order valence-corrected chi connectivity index (χ1v) is 36.7. The lowest BCUT2D eigenvalue weighted by atomic mass is 10.0. The molecule has 2 aliphatic rings. The van der Waals surface area contributed by atoms with Gasteiger partial charge in [-0.3, -0.25) is 76.9 Å². The first-order valence-electron chi connectivity index (χ1n) is 34.7. The molecule has 41 heteroatoms. The zero-order valence-corrected chi connectivity index (χ0v) is 62.2. The lowest BCUT2D eigenvalue weighted by Gasteiger charge is -2.33. The molecule has 0 radical (unpaired) electrons. The van der Waals surface area contributed by atoms with E-state index in [1.807, 2.05) is 0 Å². The number of unbranched alkanes of at least 4 members (excludes halogenated alkanes) is 1. The molecule has 22 N–H and O–H groups in total. The Labute approximate surface area is 640 Å². The lowest BCUT2D eigenvalue weighted by molar-refractivity contribution is -0.148. The Bertz CT molecular complexity index is 3920. The summed E-state index contributed by atoms with van der Waals surface area (Å²) in [5.41, 5.74) is 24.1. The van der Waals surface area contributed by atoms with Crippen LogP contribution in [0.3, 0.4) is 0 Å². The number of aromatic amines is 2.